The van der Waals surface area contributed by atoms with Crippen molar-refractivity contribution < 1.29 is 4.74 Å². The van der Waals surface area contributed by atoms with Gasteiger partial charge in [0.2, 0.25) is 5.95 Å². The van der Waals surface area contributed by atoms with Gasteiger partial charge in [-0.15, -0.1) is 0 Å². The van der Waals surface area contributed by atoms with Crippen LogP contribution < -0.4 is 5.73 Å². The highest BCUT2D eigenvalue weighted by Crippen LogP contribution is 2.32. The number of aromatic nitrogens is 2. The quantitative estimate of drug-likeness (QED) is 0.928. The van der Waals surface area contributed by atoms with Crippen LogP contribution in [0.25, 0.3) is 11.0 Å². The highest BCUT2D eigenvalue weighted by atomic mass is 79.9. The average Bonchev–Trinajstić information content (AvgIpc) is 2.94. The molecule has 96 valence electrons. The maximum absolute atomic E-state index is 6.07. The molecule has 5 heteroatoms. The third kappa shape index (κ3) is 1.91. The molecular formula is C13H16BrN3O. The van der Waals surface area contributed by atoms with Crippen LogP contribution in [0, 0.1) is 5.92 Å². The molecule has 1 aromatic heterocycles. The highest BCUT2D eigenvalue weighted by Gasteiger charge is 2.26. The number of imidazole rings is 1. The molecule has 3 rings (SSSR count). The lowest BCUT2D eigenvalue weighted by molar-refractivity contribution is 0.176. The minimum atomic E-state index is 0.318. The number of fused-ring (bicyclic) bond motifs is 1. The van der Waals surface area contributed by atoms with E-state index in [0.29, 0.717) is 17.9 Å². The zero-order chi connectivity index (χ0) is 12.7. The number of hydrogen-bond donors (Lipinski definition) is 1. The van der Waals surface area contributed by atoms with Crippen molar-refractivity contribution in [2.75, 3.05) is 18.9 Å². The van der Waals surface area contributed by atoms with Gasteiger partial charge in [-0.2, -0.15) is 0 Å². The van der Waals surface area contributed by atoms with Crippen molar-refractivity contribution in [1.29, 1.82) is 0 Å². The second-order valence-corrected chi connectivity index (χ2v) is 5.75. The fourth-order valence-electron chi connectivity index (χ4n) is 2.66. The number of hydrogen-bond acceptors (Lipinski definition) is 3. The van der Waals surface area contributed by atoms with Crippen molar-refractivity contribution in [3.63, 3.8) is 0 Å². The molecular weight excluding hydrogens is 294 g/mol. The fraction of sp³-hybridized carbons (Fsp3) is 0.462. The fourth-order valence-corrected chi connectivity index (χ4v) is 3.01. The van der Waals surface area contributed by atoms with Crippen molar-refractivity contribution in [3.8, 4) is 0 Å². The van der Waals surface area contributed by atoms with Gasteiger partial charge in [0.1, 0.15) is 0 Å². The van der Waals surface area contributed by atoms with Gasteiger partial charge >= 0.3 is 0 Å². The highest BCUT2D eigenvalue weighted by molar-refractivity contribution is 9.10. The van der Waals surface area contributed by atoms with Crippen LogP contribution in [0.3, 0.4) is 0 Å². The van der Waals surface area contributed by atoms with Gasteiger partial charge in [0.05, 0.1) is 17.6 Å². The topological polar surface area (TPSA) is 53.1 Å². The number of ether oxygens (including phenoxy) is 1. The third-order valence-corrected chi connectivity index (χ3v) is 4.23. The standard InChI is InChI=1S/C13H16BrN3O/c1-8(9-4-5-18-7-9)17-12-3-2-10(14)6-11(12)16-13(17)15/h2-3,6,8-9H,4-5,7H2,1H3,(H2,15,16). The molecule has 2 heterocycles. The Bertz CT molecular complexity index is 575. The Hall–Kier alpha value is -1.07. The maximum atomic E-state index is 6.07. The first-order valence-corrected chi connectivity index (χ1v) is 6.97. The average molecular weight is 310 g/mol. The SMILES string of the molecule is CC(C1CCOC1)n1c(N)nc2cc(Br)ccc21. The van der Waals surface area contributed by atoms with Crippen molar-refractivity contribution >= 4 is 32.9 Å². The molecule has 1 saturated heterocycles. The van der Waals surface area contributed by atoms with E-state index in [1.54, 1.807) is 0 Å². The number of nitrogen functional groups attached to an aromatic ring is 1. The van der Waals surface area contributed by atoms with Crippen LogP contribution >= 0.6 is 15.9 Å². The molecule has 18 heavy (non-hydrogen) atoms. The van der Waals surface area contributed by atoms with Gasteiger partial charge in [0.25, 0.3) is 0 Å². The van der Waals surface area contributed by atoms with Gasteiger partial charge in [-0.05, 0) is 31.5 Å². The predicted molar refractivity (Wildman–Crippen MR) is 75.5 cm³/mol. The van der Waals surface area contributed by atoms with Gasteiger partial charge in [0.15, 0.2) is 0 Å². The first-order valence-electron chi connectivity index (χ1n) is 6.17. The van der Waals surface area contributed by atoms with Crippen LogP contribution in [0.5, 0.6) is 0 Å². The monoisotopic (exact) mass is 309 g/mol. The van der Waals surface area contributed by atoms with Gasteiger partial charge in [-0.1, -0.05) is 15.9 Å². The zero-order valence-electron chi connectivity index (χ0n) is 10.3. The minimum absolute atomic E-state index is 0.318. The lowest BCUT2D eigenvalue weighted by atomic mass is 10.0. The smallest absolute Gasteiger partial charge is 0.201 e. The van der Waals surface area contributed by atoms with Gasteiger partial charge in [0, 0.05) is 23.0 Å². The Kier molecular flexibility index (Phi) is 3.03. The number of benzene rings is 1. The van der Waals surface area contributed by atoms with E-state index in [1.807, 2.05) is 12.1 Å². The first kappa shape index (κ1) is 12.0. The van der Waals surface area contributed by atoms with Crippen LogP contribution in [-0.2, 0) is 4.74 Å². The molecule has 4 nitrogen and oxygen atoms in total. The molecule has 0 amide bonds. The number of rotatable bonds is 2. The summed E-state index contributed by atoms with van der Waals surface area (Å²) in [5, 5.41) is 0. The van der Waals surface area contributed by atoms with Crippen LogP contribution in [0.4, 0.5) is 5.95 Å². The Morgan fingerprint density at radius 3 is 3.11 bits per heavy atom. The van der Waals surface area contributed by atoms with Crippen LogP contribution in [0.2, 0.25) is 0 Å². The lowest BCUT2D eigenvalue weighted by Crippen LogP contribution is -2.18. The van der Waals surface area contributed by atoms with E-state index in [-0.39, 0.29) is 0 Å². The van der Waals surface area contributed by atoms with E-state index in [4.69, 9.17) is 10.5 Å². The normalized spacial score (nSPS) is 21.6. The first-order chi connectivity index (χ1) is 8.66. The maximum Gasteiger partial charge on any atom is 0.201 e. The van der Waals surface area contributed by atoms with Crippen LogP contribution in [0.1, 0.15) is 19.4 Å². The van der Waals surface area contributed by atoms with Gasteiger partial charge < -0.3 is 15.0 Å². The molecule has 2 atom stereocenters. The van der Waals surface area contributed by atoms with Crippen molar-refractivity contribution in [3.05, 3.63) is 22.7 Å². The Balaban J connectivity index is 2.07. The summed E-state index contributed by atoms with van der Waals surface area (Å²) in [6.07, 6.45) is 1.09. The van der Waals surface area contributed by atoms with E-state index in [1.165, 1.54) is 0 Å². The number of nitrogens with zero attached hydrogens (tertiary/aromatic N) is 2. The second kappa shape index (κ2) is 4.55. The summed E-state index contributed by atoms with van der Waals surface area (Å²) in [5.41, 5.74) is 8.10. The summed E-state index contributed by atoms with van der Waals surface area (Å²) in [6, 6.07) is 6.41. The van der Waals surface area contributed by atoms with Gasteiger partial charge in [-0.25, -0.2) is 4.98 Å². The molecule has 2 unspecified atom stereocenters. The van der Waals surface area contributed by atoms with E-state index in [0.717, 1.165) is 35.1 Å². The van der Waals surface area contributed by atoms with Crippen LogP contribution in [-0.4, -0.2) is 22.8 Å². The van der Waals surface area contributed by atoms with Crippen LogP contribution in [0.15, 0.2) is 22.7 Å². The Morgan fingerprint density at radius 1 is 1.56 bits per heavy atom. The molecule has 1 aliphatic rings. The Morgan fingerprint density at radius 2 is 2.39 bits per heavy atom. The minimum Gasteiger partial charge on any atom is -0.381 e. The summed E-state index contributed by atoms with van der Waals surface area (Å²) >= 11 is 3.46. The van der Waals surface area contributed by atoms with Crippen molar-refractivity contribution in [2.45, 2.75) is 19.4 Å². The number of halogens is 1. The molecule has 0 bridgehead atoms. The zero-order valence-corrected chi connectivity index (χ0v) is 11.9. The van der Waals surface area contributed by atoms with Crippen molar-refractivity contribution in [1.82, 2.24) is 9.55 Å². The molecule has 0 aliphatic carbocycles. The van der Waals surface area contributed by atoms with E-state index in [2.05, 4.69) is 38.5 Å². The molecule has 0 spiro atoms. The summed E-state index contributed by atoms with van der Waals surface area (Å²) in [6.45, 7) is 3.86. The van der Waals surface area contributed by atoms with Gasteiger partial charge in [-0.3, -0.25) is 0 Å². The molecule has 0 radical (unpaired) electrons. The van der Waals surface area contributed by atoms with E-state index >= 15 is 0 Å². The number of anilines is 1. The lowest BCUT2D eigenvalue weighted by Gasteiger charge is -2.21. The molecule has 1 fully saturated rings. The molecule has 2 aromatic rings. The largest absolute Gasteiger partial charge is 0.381 e. The summed E-state index contributed by atoms with van der Waals surface area (Å²) in [5.74, 6) is 1.11. The van der Waals surface area contributed by atoms with E-state index < -0.39 is 0 Å². The van der Waals surface area contributed by atoms with E-state index in [9.17, 15) is 0 Å². The summed E-state index contributed by atoms with van der Waals surface area (Å²) < 4.78 is 8.62. The summed E-state index contributed by atoms with van der Waals surface area (Å²) in [4.78, 5) is 4.44. The molecule has 2 N–H and O–H groups in total. The predicted octanol–water partition coefficient (Wildman–Crippen LogP) is 2.98. The third-order valence-electron chi connectivity index (χ3n) is 3.73. The Labute approximate surface area is 114 Å². The number of nitrogens with two attached hydrogens (primary N) is 1. The summed E-state index contributed by atoms with van der Waals surface area (Å²) in [7, 11) is 0. The second-order valence-electron chi connectivity index (χ2n) is 4.84. The molecule has 1 aliphatic heterocycles. The van der Waals surface area contributed by atoms with Crippen molar-refractivity contribution in [2.24, 2.45) is 5.92 Å². The molecule has 0 saturated carbocycles. The molecule has 1 aromatic carbocycles.